The Hall–Kier alpha value is -1.68. The SMILES string of the molecule is CCCCNC(=O)C1CCCN(CCOc2ccc(S(=O)(=O)N3CCOCC3)cc2)C1. The average molecular weight is 454 g/mol. The number of unbranched alkanes of at least 4 members (excludes halogenated alkanes) is 1. The van der Waals surface area contributed by atoms with Crippen molar-refractivity contribution < 1.29 is 22.7 Å². The van der Waals surface area contributed by atoms with Crippen LogP contribution in [-0.2, 0) is 19.6 Å². The zero-order valence-corrected chi connectivity index (χ0v) is 19.2. The fourth-order valence-corrected chi connectivity index (χ4v) is 5.35. The average Bonchev–Trinajstić information content (AvgIpc) is 2.80. The molecule has 0 saturated carbocycles. The first kappa shape index (κ1) is 24.0. The van der Waals surface area contributed by atoms with Crippen molar-refractivity contribution in [3.05, 3.63) is 24.3 Å². The molecular weight excluding hydrogens is 418 g/mol. The molecule has 1 atom stereocenters. The third-order valence-electron chi connectivity index (χ3n) is 5.81. The van der Waals surface area contributed by atoms with Crippen LogP contribution in [0.4, 0.5) is 0 Å². The minimum atomic E-state index is -3.49. The lowest BCUT2D eigenvalue weighted by Crippen LogP contribution is -2.44. The van der Waals surface area contributed by atoms with E-state index in [1.807, 2.05) is 0 Å². The summed E-state index contributed by atoms with van der Waals surface area (Å²) in [5.74, 6) is 0.859. The number of carbonyl (C=O) groups is 1. The van der Waals surface area contributed by atoms with Gasteiger partial charge in [0.2, 0.25) is 15.9 Å². The molecule has 2 fully saturated rings. The first-order valence-electron chi connectivity index (χ1n) is 11.3. The van der Waals surface area contributed by atoms with Crippen LogP contribution in [0.2, 0.25) is 0 Å². The standard InChI is InChI=1S/C22H35N3O5S/c1-2-3-10-23-22(26)19-5-4-11-24(18-19)12-17-30-20-6-8-21(9-7-20)31(27,28)25-13-15-29-16-14-25/h6-9,19H,2-5,10-18H2,1H3,(H,23,26). The lowest BCUT2D eigenvalue weighted by Gasteiger charge is -2.31. The highest BCUT2D eigenvalue weighted by molar-refractivity contribution is 7.89. The minimum absolute atomic E-state index is 0.0512. The minimum Gasteiger partial charge on any atom is -0.492 e. The van der Waals surface area contributed by atoms with Gasteiger partial charge in [0.15, 0.2) is 0 Å². The molecule has 0 spiro atoms. The fourth-order valence-electron chi connectivity index (χ4n) is 3.94. The molecule has 2 saturated heterocycles. The summed E-state index contributed by atoms with van der Waals surface area (Å²) in [5, 5.41) is 3.04. The Morgan fingerprint density at radius 1 is 1.19 bits per heavy atom. The van der Waals surface area contributed by atoms with Crippen molar-refractivity contribution >= 4 is 15.9 Å². The molecule has 31 heavy (non-hydrogen) atoms. The van der Waals surface area contributed by atoms with Gasteiger partial charge in [-0.05, 0) is 50.1 Å². The van der Waals surface area contributed by atoms with Gasteiger partial charge in [-0.1, -0.05) is 13.3 Å². The largest absolute Gasteiger partial charge is 0.492 e. The predicted molar refractivity (Wildman–Crippen MR) is 119 cm³/mol. The Labute approximate surface area is 185 Å². The van der Waals surface area contributed by atoms with E-state index >= 15 is 0 Å². The first-order valence-corrected chi connectivity index (χ1v) is 12.8. The van der Waals surface area contributed by atoms with Crippen molar-refractivity contribution in [2.45, 2.75) is 37.5 Å². The Bertz CT molecular complexity index is 794. The third-order valence-corrected chi connectivity index (χ3v) is 7.73. The Morgan fingerprint density at radius 3 is 2.65 bits per heavy atom. The number of rotatable bonds is 10. The number of likely N-dealkylation sites (tertiary alicyclic amines) is 1. The van der Waals surface area contributed by atoms with Gasteiger partial charge in [-0.3, -0.25) is 9.69 Å². The number of hydrogen-bond donors (Lipinski definition) is 1. The molecule has 0 aromatic heterocycles. The Balaban J connectivity index is 1.43. The number of ether oxygens (including phenoxy) is 2. The predicted octanol–water partition coefficient (Wildman–Crippen LogP) is 1.71. The Kier molecular flexibility index (Phi) is 9.13. The van der Waals surface area contributed by atoms with Crippen LogP contribution in [0, 0.1) is 5.92 Å². The first-order chi connectivity index (χ1) is 15.0. The highest BCUT2D eigenvalue weighted by Crippen LogP contribution is 2.21. The Morgan fingerprint density at radius 2 is 1.94 bits per heavy atom. The molecule has 9 heteroatoms. The van der Waals surface area contributed by atoms with Crippen LogP contribution >= 0.6 is 0 Å². The fraction of sp³-hybridized carbons (Fsp3) is 0.682. The van der Waals surface area contributed by atoms with Crippen LogP contribution < -0.4 is 10.1 Å². The lowest BCUT2D eigenvalue weighted by molar-refractivity contribution is -0.126. The van der Waals surface area contributed by atoms with Gasteiger partial charge in [0.25, 0.3) is 0 Å². The number of nitrogens with one attached hydrogen (secondary N) is 1. The maximum atomic E-state index is 12.7. The van der Waals surface area contributed by atoms with E-state index in [4.69, 9.17) is 9.47 Å². The summed E-state index contributed by atoms with van der Waals surface area (Å²) in [5.41, 5.74) is 0. The summed E-state index contributed by atoms with van der Waals surface area (Å²) in [4.78, 5) is 14.9. The van der Waals surface area contributed by atoms with Crippen LogP contribution in [-0.4, -0.2) is 82.6 Å². The molecule has 2 aliphatic rings. The molecular formula is C22H35N3O5S. The zero-order chi connectivity index (χ0) is 22.1. The molecule has 1 aromatic carbocycles. The van der Waals surface area contributed by atoms with E-state index in [-0.39, 0.29) is 16.7 Å². The second-order valence-corrected chi connectivity index (χ2v) is 10.1. The van der Waals surface area contributed by atoms with Gasteiger partial charge in [0.1, 0.15) is 12.4 Å². The van der Waals surface area contributed by atoms with E-state index in [1.165, 1.54) is 4.31 Å². The zero-order valence-electron chi connectivity index (χ0n) is 18.4. The van der Waals surface area contributed by atoms with Crippen LogP contribution in [0.1, 0.15) is 32.6 Å². The van der Waals surface area contributed by atoms with Gasteiger partial charge in [-0.15, -0.1) is 0 Å². The van der Waals surface area contributed by atoms with Gasteiger partial charge in [0.05, 0.1) is 24.0 Å². The van der Waals surface area contributed by atoms with Gasteiger partial charge < -0.3 is 14.8 Å². The molecule has 3 rings (SSSR count). The summed E-state index contributed by atoms with van der Waals surface area (Å²) < 4.78 is 37.9. The molecule has 1 amide bonds. The summed E-state index contributed by atoms with van der Waals surface area (Å²) in [6, 6.07) is 6.59. The summed E-state index contributed by atoms with van der Waals surface area (Å²) in [7, 11) is -3.49. The van der Waals surface area contributed by atoms with Crippen molar-refractivity contribution in [1.29, 1.82) is 0 Å². The lowest BCUT2D eigenvalue weighted by atomic mass is 9.97. The van der Waals surface area contributed by atoms with Crippen molar-refractivity contribution in [2.24, 2.45) is 5.92 Å². The number of morpholine rings is 1. The molecule has 0 aliphatic carbocycles. The van der Waals surface area contributed by atoms with Gasteiger partial charge in [-0.2, -0.15) is 4.31 Å². The molecule has 2 aliphatic heterocycles. The number of sulfonamides is 1. The number of carbonyl (C=O) groups excluding carboxylic acids is 1. The van der Waals surface area contributed by atoms with Gasteiger partial charge in [0, 0.05) is 32.7 Å². The second-order valence-electron chi connectivity index (χ2n) is 8.12. The van der Waals surface area contributed by atoms with Crippen LogP contribution in [0.15, 0.2) is 29.2 Å². The van der Waals surface area contributed by atoms with Crippen LogP contribution in [0.5, 0.6) is 5.75 Å². The number of amides is 1. The monoisotopic (exact) mass is 453 g/mol. The normalized spacial score (nSPS) is 21.0. The van der Waals surface area contributed by atoms with Crippen molar-refractivity contribution in [3.8, 4) is 5.75 Å². The van der Waals surface area contributed by atoms with E-state index in [9.17, 15) is 13.2 Å². The molecule has 174 valence electrons. The molecule has 1 aromatic rings. The summed E-state index contributed by atoms with van der Waals surface area (Å²) in [6.07, 6.45) is 4.05. The van der Waals surface area contributed by atoms with Crippen LogP contribution in [0.25, 0.3) is 0 Å². The van der Waals surface area contributed by atoms with E-state index in [2.05, 4.69) is 17.1 Å². The number of piperidine rings is 1. The molecule has 1 N–H and O–H groups in total. The highest BCUT2D eigenvalue weighted by atomic mass is 32.2. The number of hydrogen-bond acceptors (Lipinski definition) is 6. The van der Waals surface area contributed by atoms with Crippen molar-refractivity contribution in [2.75, 3.05) is 59.1 Å². The topological polar surface area (TPSA) is 88.2 Å². The van der Waals surface area contributed by atoms with E-state index in [0.29, 0.717) is 38.7 Å². The summed E-state index contributed by atoms with van der Waals surface area (Å²) in [6.45, 7) is 7.47. The molecule has 1 unspecified atom stereocenters. The van der Waals surface area contributed by atoms with Crippen molar-refractivity contribution in [1.82, 2.24) is 14.5 Å². The maximum Gasteiger partial charge on any atom is 0.243 e. The molecule has 2 heterocycles. The van der Waals surface area contributed by atoms with E-state index < -0.39 is 10.0 Å². The second kappa shape index (κ2) is 11.8. The highest BCUT2D eigenvalue weighted by Gasteiger charge is 2.27. The van der Waals surface area contributed by atoms with Crippen LogP contribution in [0.3, 0.4) is 0 Å². The smallest absolute Gasteiger partial charge is 0.243 e. The molecule has 8 nitrogen and oxygen atoms in total. The third kappa shape index (κ3) is 6.90. The van der Waals surface area contributed by atoms with Gasteiger partial charge >= 0.3 is 0 Å². The molecule has 0 radical (unpaired) electrons. The maximum absolute atomic E-state index is 12.7. The number of nitrogens with zero attached hydrogens (tertiary/aromatic N) is 2. The van der Waals surface area contributed by atoms with Gasteiger partial charge in [-0.25, -0.2) is 8.42 Å². The van der Waals surface area contributed by atoms with E-state index in [0.717, 1.165) is 51.9 Å². The number of benzene rings is 1. The van der Waals surface area contributed by atoms with Crippen molar-refractivity contribution in [3.63, 3.8) is 0 Å². The molecule has 0 bridgehead atoms. The summed E-state index contributed by atoms with van der Waals surface area (Å²) >= 11 is 0. The quantitative estimate of drug-likeness (QED) is 0.543. The van der Waals surface area contributed by atoms with E-state index in [1.54, 1.807) is 24.3 Å².